The van der Waals surface area contributed by atoms with E-state index in [4.69, 9.17) is 4.74 Å². The van der Waals surface area contributed by atoms with Gasteiger partial charge in [0.1, 0.15) is 11.5 Å². The number of aliphatic hydroxyl groups is 1. The summed E-state index contributed by atoms with van der Waals surface area (Å²) in [5.41, 5.74) is 3.37. The van der Waals surface area contributed by atoms with Gasteiger partial charge in [0.15, 0.2) is 0 Å². The molecule has 0 spiro atoms. The van der Waals surface area contributed by atoms with Crippen molar-refractivity contribution in [3.05, 3.63) is 70.3 Å². The van der Waals surface area contributed by atoms with E-state index in [1.807, 2.05) is 70.1 Å². The SMILES string of the molecule is COc1ccc(/C(O)=C2/C(=O)C(=O)N(CCN(C)C)C2c2cccc(C)c2)cc1C(C)C. The van der Waals surface area contributed by atoms with Crippen LogP contribution in [0.5, 0.6) is 5.75 Å². The Morgan fingerprint density at radius 3 is 2.47 bits per heavy atom. The van der Waals surface area contributed by atoms with Crippen molar-refractivity contribution in [1.29, 1.82) is 0 Å². The van der Waals surface area contributed by atoms with E-state index in [-0.39, 0.29) is 17.3 Å². The van der Waals surface area contributed by atoms with Crippen molar-refractivity contribution < 1.29 is 19.4 Å². The summed E-state index contributed by atoms with van der Waals surface area (Å²) >= 11 is 0. The van der Waals surface area contributed by atoms with Crippen molar-refractivity contribution in [1.82, 2.24) is 9.80 Å². The molecule has 1 aliphatic rings. The van der Waals surface area contributed by atoms with Crippen LogP contribution < -0.4 is 4.74 Å². The van der Waals surface area contributed by atoms with E-state index in [1.54, 1.807) is 24.1 Å². The summed E-state index contributed by atoms with van der Waals surface area (Å²) in [6.07, 6.45) is 0. The number of hydrogen-bond donors (Lipinski definition) is 1. The molecule has 1 heterocycles. The number of carbonyl (C=O) groups is 2. The quantitative estimate of drug-likeness (QED) is 0.402. The molecule has 1 saturated heterocycles. The highest BCUT2D eigenvalue weighted by Crippen LogP contribution is 2.40. The first-order chi connectivity index (χ1) is 15.1. The fourth-order valence-electron chi connectivity index (χ4n) is 4.09. The number of carbonyl (C=O) groups excluding carboxylic acids is 2. The lowest BCUT2D eigenvalue weighted by Gasteiger charge is -2.27. The van der Waals surface area contributed by atoms with Crippen LogP contribution in [-0.4, -0.2) is 60.9 Å². The second-order valence-corrected chi connectivity index (χ2v) is 8.82. The van der Waals surface area contributed by atoms with Crippen LogP contribution in [0, 0.1) is 6.92 Å². The van der Waals surface area contributed by atoms with Crippen molar-refractivity contribution in [3.63, 3.8) is 0 Å². The zero-order chi connectivity index (χ0) is 23.6. The highest BCUT2D eigenvalue weighted by molar-refractivity contribution is 6.46. The zero-order valence-corrected chi connectivity index (χ0v) is 19.7. The number of ketones is 1. The number of methoxy groups -OCH3 is 1. The number of likely N-dealkylation sites (N-methyl/N-ethyl adjacent to an activating group) is 1. The van der Waals surface area contributed by atoms with E-state index in [9.17, 15) is 14.7 Å². The summed E-state index contributed by atoms with van der Waals surface area (Å²) in [7, 11) is 5.45. The Kier molecular flexibility index (Phi) is 7.04. The van der Waals surface area contributed by atoms with Crippen molar-refractivity contribution >= 4 is 17.4 Å². The molecule has 6 heteroatoms. The number of aryl methyl sites for hydroxylation is 1. The third-order valence-electron chi connectivity index (χ3n) is 5.81. The molecule has 32 heavy (non-hydrogen) atoms. The fraction of sp³-hybridized carbons (Fsp3) is 0.385. The van der Waals surface area contributed by atoms with E-state index >= 15 is 0 Å². The molecule has 1 aliphatic heterocycles. The van der Waals surface area contributed by atoms with Gasteiger partial charge in [0.2, 0.25) is 0 Å². The van der Waals surface area contributed by atoms with Crippen molar-refractivity contribution in [2.24, 2.45) is 0 Å². The third-order valence-corrected chi connectivity index (χ3v) is 5.81. The second-order valence-electron chi connectivity index (χ2n) is 8.82. The minimum absolute atomic E-state index is 0.124. The lowest BCUT2D eigenvalue weighted by molar-refractivity contribution is -0.140. The van der Waals surface area contributed by atoms with E-state index in [0.29, 0.717) is 18.7 Å². The molecule has 2 aromatic rings. The maximum absolute atomic E-state index is 13.1. The number of benzene rings is 2. The number of aliphatic hydroxyl groups excluding tert-OH is 1. The lowest BCUT2D eigenvalue weighted by Crippen LogP contribution is -2.35. The van der Waals surface area contributed by atoms with Crippen LogP contribution in [0.1, 0.15) is 48.1 Å². The van der Waals surface area contributed by atoms with Gasteiger partial charge < -0.3 is 19.6 Å². The Hall–Kier alpha value is -3.12. The molecule has 0 bridgehead atoms. The Labute approximate surface area is 190 Å². The van der Waals surface area contributed by atoms with Crippen molar-refractivity contribution in [2.45, 2.75) is 32.7 Å². The van der Waals surface area contributed by atoms with Crippen LogP contribution in [0.25, 0.3) is 5.76 Å². The monoisotopic (exact) mass is 436 g/mol. The van der Waals surface area contributed by atoms with E-state index < -0.39 is 17.7 Å². The minimum Gasteiger partial charge on any atom is -0.507 e. The summed E-state index contributed by atoms with van der Waals surface area (Å²) in [5.74, 6) is -0.523. The van der Waals surface area contributed by atoms with Crippen LogP contribution in [-0.2, 0) is 9.59 Å². The van der Waals surface area contributed by atoms with Gasteiger partial charge >= 0.3 is 0 Å². The lowest BCUT2D eigenvalue weighted by atomic mass is 9.92. The standard InChI is InChI=1S/C26H32N2O4/c1-16(2)20-15-19(10-11-21(20)32-6)24(29)22-23(18-9-7-8-17(3)14-18)28(13-12-27(4)5)26(31)25(22)30/h7-11,14-16,23,29H,12-13H2,1-6H3/b24-22-. The van der Waals surface area contributed by atoms with Gasteiger partial charge in [0, 0.05) is 18.7 Å². The van der Waals surface area contributed by atoms with Gasteiger partial charge in [0.25, 0.3) is 11.7 Å². The summed E-state index contributed by atoms with van der Waals surface area (Å²) in [4.78, 5) is 29.7. The topological polar surface area (TPSA) is 70.1 Å². The zero-order valence-electron chi connectivity index (χ0n) is 19.7. The Morgan fingerprint density at radius 1 is 1.16 bits per heavy atom. The first kappa shape index (κ1) is 23.5. The summed E-state index contributed by atoms with van der Waals surface area (Å²) < 4.78 is 5.45. The largest absolute Gasteiger partial charge is 0.507 e. The number of rotatable bonds is 7. The van der Waals surface area contributed by atoms with Gasteiger partial charge in [-0.25, -0.2) is 0 Å². The fourth-order valence-corrected chi connectivity index (χ4v) is 4.09. The summed E-state index contributed by atoms with van der Waals surface area (Å²) in [6, 6.07) is 12.4. The molecule has 0 saturated carbocycles. The van der Waals surface area contributed by atoms with E-state index in [0.717, 1.165) is 22.4 Å². The molecule has 6 nitrogen and oxygen atoms in total. The van der Waals surface area contributed by atoms with Gasteiger partial charge in [0.05, 0.1) is 18.7 Å². The van der Waals surface area contributed by atoms with Gasteiger partial charge in [-0.2, -0.15) is 0 Å². The Bertz CT molecular complexity index is 1060. The van der Waals surface area contributed by atoms with Crippen LogP contribution in [0.3, 0.4) is 0 Å². The highest BCUT2D eigenvalue weighted by atomic mass is 16.5. The van der Waals surface area contributed by atoms with Gasteiger partial charge in [-0.05, 0) is 56.3 Å². The molecule has 2 aromatic carbocycles. The molecule has 0 aromatic heterocycles. The average molecular weight is 437 g/mol. The number of likely N-dealkylation sites (tertiary alicyclic amines) is 1. The predicted octanol–water partition coefficient (Wildman–Crippen LogP) is 4.11. The smallest absolute Gasteiger partial charge is 0.295 e. The van der Waals surface area contributed by atoms with Crippen molar-refractivity contribution in [3.8, 4) is 5.75 Å². The Morgan fingerprint density at radius 2 is 1.88 bits per heavy atom. The normalized spacial score (nSPS) is 18.1. The minimum atomic E-state index is -0.658. The molecule has 3 rings (SSSR count). The second kappa shape index (κ2) is 9.57. The molecule has 1 amide bonds. The van der Waals surface area contributed by atoms with Gasteiger partial charge in [-0.15, -0.1) is 0 Å². The molecule has 0 aliphatic carbocycles. The maximum Gasteiger partial charge on any atom is 0.295 e. The molecule has 0 radical (unpaired) electrons. The van der Waals surface area contributed by atoms with E-state index in [2.05, 4.69) is 0 Å². The van der Waals surface area contributed by atoms with Crippen LogP contribution in [0.15, 0.2) is 48.0 Å². The summed E-state index contributed by atoms with van der Waals surface area (Å²) in [5, 5.41) is 11.3. The first-order valence-corrected chi connectivity index (χ1v) is 10.8. The number of hydrogen-bond acceptors (Lipinski definition) is 5. The molecule has 1 unspecified atom stereocenters. The number of ether oxygens (including phenoxy) is 1. The molecular formula is C26H32N2O4. The first-order valence-electron chi connectivity index (χ1n) is 10.8. The van der Waals surface area contributed by atoms with Gasteiger partial charge in [-0.3, -0.25) is 9.59 Å². The third kappa shape index (κ3) is 4.55. The van der Waals surface area contributed by atoms with E-state index in [1.165, 1.54) is 0 Å². The highest BCUT2D eigenvalue weighted by Gasteiger charge is 2.45. The molecule has 1 atom stereocenters. The number of amides is 1. The van der Waals surface area contributed by atoms with Crippen LogP contribution in [0.4, 0.5) is 0 Å². The molecule has 170 valence electrons. The maximum atomic E-state index is 13.1. The summed E-state index contributed by atoms with van der Waals surface area (Å²) in [6.45, 7) is 7.03. The van der Waals surface area contributed by atoms with Gasteiger partial charge in [-0.1, -0.05) is 43.7 Å². The predicted molar refractivity (Wildman–Crippen MR) is 126 cm³/mol. The van der Waals surface area contributed by atoms with Crippen LogP contribution >= 0.6 is 0 Å². The number of nitrogens with zero attached hydrogens (tertiary/aromatic N) is 2. The van der Waals surface area contributed by atoms with Crippen LogP contribution in [0.2, 0.25) is 0 Å². The molecule has 1 fully saturated rings. The Balaban J connectivity index is 2.18. The molecule has 1 N–H and O–H groups in total. The average Bonchev–Trinajstić information content (AvgIpc) is 3.01. The van der Waals surface area contributed by atoms with Crippen molar-refractivity contribution in [2.75, 3.05) is 34.3 Å². The molecular weight excluding hydrogens is 404 g/mol. The number of Topliss-reactive ketones (excluding diaryl/α,β-unsaturated/α-hetero) is 1.